The van der Waals surface area contributed by atoms with Gasteiger partial charge < -0.3 is 19.9 Å². The lowest BCUT2D eigenvalue weighted by Crippen LogP contribution is -2.33. The van der Waals surface area contributed by atoms with Crippen LogP contribution in [0.25, 0.3) is 6.08 Å². The summed E-state index contributed by atoms with van der Waals surface area (Å²) in [4.78, 5) is 35.8. The van der Waals surface area contributed by atoms with Gasteiger partial charge in [0.25, 0.3) is 5.91 Å². The summed E-state index contributed by atoms with van der Waals surface area (Å²) in [5.74, 6) is -0.226. The molecule has 4 rings (SSSR count). The van der Waals surface area contributed by atoms with Gasteiger partial charge in [0.1, 0.15) is 29.0 Å². The standard InChI is InChI=1S/C22H18N2O6S2/c25-19(26)11-24-20(27)18(32-22(24)31)10-14-3-7-17(8-4-14)30-16-5-1-13(2-6-16)9-15-12-29-21(28)23-15/h1-8,10,15H,9,11-12H2,(H,23,28)(H,25,26)/b18-10+. The number of hydrogen-bond acceptors (Lipinski definition) is 7. The molecule has 2 N–H and O–H groups in total. The first-order valence-electron chi connectivity index (χ1n) is 9.65. The maximum absolute atomic E-state index is 12.4. The smallest absolute Gasteiger partial charge is 0.407 e. The lowest BCUT2D eigenvalue weighted by Gasteiger charge is -2.10. The van der Waals surface area contributed by atoms with Crippen molar-refractivity contribution >= 4 is 52.3 Å². The number of ether oxygens (including phenoxy) is 2. The zero-order valence-electron chi connectivity index (χ0n) is 16.6. The second-order valence-electron chi connectivity index (χ2n) is 7.12. The SMILES string of the molecule is O=C(O)CN1C(=O)/C(=C\c2ccc(Oc3ccc(CC4COC(=O)N4)cc3)cc2)SC1=S. The molecule has 1 unspecified atom stereocenters. The summed E-state index contributed by atoms with van der Waals surface area (Å²) in [6.07, 6.45) is 1.97. The summed E-state index contributed by atoms with van der Waals surface area (Å²) >= 11 is 6.18. The van der Waals surface area contributed by atoms with Crippen LogP contribution in [-0.2, 0) is 20.7 Å². The molecule has 2 amide bonds. The zero-order chi connectivity index (χ0) is 22.7. The van der Waals surface area contributed by atoms with Crippen LogP contribution in [0.4, 0.5) is 4.79 Å². The summed E-state index contributed by atoms with van der Waals surface area (Å²) in [7, 11) is 0. The van der Waals surface area contributed by atoms with Crippen LogP contribution >= 0.6 is 24.0 Å². The molecule has 2 aromatic rings. The summed E-state index contributed by atoms with van der Waals surface area (Å²) in [6.45, 7) is -0.0796. The molecule has 2 aliphatic rings. The maximum Gasteiger partial charge on any atom is 0.407 e. The Labute approximate surface area is 193 Å². The van der Waals surface area contributed by atoms with Crippen LogP contribution in [0.1, 0.15) is 11.1 Å². The van der Waals surface area contributed by atoms with Crippen molar-refractivity contribution in [2.24, 2.45) is 0 Å². The molecule has 0 aliphatic carbocycles. The number of aliphatic carboxylic acids is 1. The van der Waals surface area contributed by atoms with Crippen molar-refractivity contribution in [3.63, 3.8) is 0 Å². The Morgan fingerprint density at radius 1 is 1.19 bits per heavy atom. The Bertz CT molecular complexity index is 1100. The highest BCUT2D eigenvalue weighted by molar-refractivity contribution is 8.26. The number of rotatable bonds is 7. The highest BCUT2D eigenvalue weighted by atomic mass is 32.2. The second kappa shape index (κ2) is 9.41. The number of benzene rings is 2. The van der Waals surface area contributed by atoms with E-state index < -0.39 is 18.4 Å². The largest absolute Gasteiger partial charge is 0.480 e. The molecule has 164 valence electrons. The zero-order valence-corrected chi connectivity index (χ0v) is 18.3. The van der Waals surface area contributed by atoms with Crippen LogP contribution in [0.15, 0.2) is 53.4 Å². The van der Waals surface area contributed by atoms with E-state index in [0.717, 1.165) is 27.8 Å². The van der Waals surface area contributed by atoms with Crippen molar-refractivity contribution in [2.75, 3.05) is 13.2 Å². The van der Waals surface area contributed by atoms with Crippen LogP contribution in [0.3, 0.4) is 0 Å². The number of carbonyl (C=O) groups excluding carboxylic acids is 2. The first kappa shape index (κ1) is 21.8. The molecule has 2 aliphatic heterocycles. The number of carboxylic acid groups (broad SMARTS) is 1. The summed E-state index contributed by atoms with van der Waals surface area (Å²) in [5.41, 5.74) is 1.83. The molecule has 0 radical (unpaired) electrons. The van der Waals surface area contributed by atoms with Gasteiger partial charge in [-0.1, -0.05) is 48.2 Å². The minimum atomic E-state index is -1.11. The molecule has 0 saturated carbocycles. The Balaban J connectivity index is 1.36. The first-order chi connectivity index (χ1) is 15.4. The Hall–Kier alpha value is -3.37. The van der Waals surface area contributed by atoms with Crippen molar-refractivity contribution in [2.45, 2.75) is 12.5 Å². The third-order valence-corrected chi connectivity index (χ3v) is 6.10. The molecular weight excluding hydrogens is 452 g/mol. The van der Waals surface area contributed by atoms with Gasteiger partial charge in [0.2, 0.25) is 0 Å². The molecule has 8 nitrogen and oxygen atoms in total. The number of carbonyl (C=O) groups is 3. The average molecular weight is 471 g/mol. The average Bonchev–Trinajstić information content (AvgIpc) is 3.28. The van der Waals surface area contributed by atoms with E-state index in [4.69, 9.17) is 26.8 Å². The van der Waals surface area contributed by atoms with E-state index in [-0.39, 0.29) is 16.5 Å². The molecule has 2 saturated heterocycles. The minimum Gasteiger partial charge on any atom is -0.480 e. The fraction of sp³-hybridized carbons (Fsp3) is 0.182. The van der Waals surface area contributed by atoms with Gasteiger partial charge in [0.15, 0.2) is 0 Å². The van der Waals surface area contributed by atoms with Crippen molar-refractivity contribution in [3.8, 4) is 11.5 Å². The minimum absolute atomic E-state index is 0.0218. The Morgan fingerprint density at radius 2 is 1.84 bits per heavy atom. The molecule has 0 aromatic heterocycles. The van der Waals surface area contributed by atoms with Gasteiger partial charge in [0, 0.05) is 0 Å². The first-order valence-corrected chi connectivity index (χ1v) is 10.9. The van der Waals surface area contributed by atoms with Crippen LogP contribution < -0.4 is 10.1 Å². The van der Waals surface area contributed by atoms with Gasteiger partial charge >= 0.3 is 12.1 Å². The molecule has 2 heterocycles. The van der Waals surface area contributed by atoms with Crippen LogP contribution in [0, 0.1) is 0 Å². The van der Waals surface area contributed by atoms with Crippen molar-refractivity contribution in [3.05, 3.63) is 64.6 Å². The number of alkyl carbamates (subject to hydrolysis) is 1. The van der Waals surface area contributed by atoms with Crippen LogP contribution in [0.2, 0.25) is 0 Å². The molecular formula is C22H18N2O6S2. The maximum atomic E-state index is 12.4. The summed E-state index contributed by atoms with van der Waals surface area (Å²) in [5, 5.41) is 11.7. The normalized spacial score (nSPS) is 19.2. The molecule has 1 atom stereocenters. The van der Waals surface area contributed by atoms with Gasteiger partial charge in [-0.05, 0) is 47.9 Å². The third kappa shape index (κ3) is 5.27. The molecule has 0 spiro atoms. The van der Waals surface area contributed by atoms with E-state index in [2.05, 4.69) is 5.32 Å². The number of nitrogens with one attached hydrogen (secondary N) is 1. The number of thiocarbonyl (C=S) groups is 1. The van der Waals surface area contributed by atoms with Gasteiger partial charge in [-0.15, -0.1) is 0 Å². The number of nitrogens with zero attached hydrogens (tertiary/aromatic N) is 1. The quantitative estimate of drug-likeness (QED) is 0.469. The number of thioether (sulfide) groups is 1. The Kier molecular flexibility index (Phi) is 6.42. The Morgan fingerprint density at radius 3 is 2.44 bits per heavy atom. The molecule has 2 fully saturated rings. The third-order valence-electron chi connectivity index (χ3n) is 4.72. The van der Waals surface area contributed by atoms with Gasteiger partial charge in [-0.25, -0.2) is 4.79 Å². The van der Waals surface area contributed by atoms with Crippen molar-refractivity contribution < 1.29 is 29.0 Å². The molecule has 32 heavy (non-hydrogen) atoms. The summed E-state index contributed by atoms with van der Waals surface area (Å²) in [6, 6.07) is 14.7. The fourth-order valence-electron chi connectivity index (χ4n) is 3.21. The highest BCUT2D eigenvalue weighted by Crippen LogP contribution is 2.32. The second-order valence-corrected chi connectivity index (χ2v) is 8.80. The number of cyclic esters (lactones) is 1. The number of carboxylic acids is 1. The van der Waals surface area contributed by atoms with E-state index in [0.29, 0.717) is 29.4 Å². The fourth-order valence-corrected chi connectivity index (χ4v) is 4.46. The van der Waals surface area contributed by atoms with Crippen molar-refractivity contribution in [1.82, 2.24) is 10.2 Å². The number of hydrogen-bond donors (Lipinski definition) is 2. The highest BCUT2D eigenvalue weighted by Gasteiger charge is 2.33. The topological polar surface area (TPSA) is 105 Å². The predicted molar refractivity (Wildman–Crippen MR) is 122 cm³/mol. The lowest BCUT2D eigenvalue weighted by molar-refractivity contribution is -0.140. The van der Waals surface area contributed by atoms with E-state index in [9.17, 15) is 14.4 Å². The molecule has 2 aromatic carbocycles. The van der Waals surface area contributed by atoms with E-state index >= 15 is 0 Å². The van der Waals surface area contributed by atoms with Crippen LogP contribution in [0.5, 0.6) is 11.5 Å². The summed E-state index contributed by atoms with van der Waals surface area (Å²) < 4.78 is 11.0. The molecule has 10 heteroatoms. The van der Waals surface area contributed by atoms with Crippen LogP contribution in [-0.4, -0.2) is 51.5 Å². The lowest BCUT2D eigenvalue weighted by atomic mass is 10.1. The number of amides is 2. The van der Waals surface area contributed by atoms with E-state index in [1.54, 1.807) is 30.3 Å². The monoisotopic (exact) mass is 470 g/mol. The van der Waals surface area contributed by atoms with Gasteiger partial charge in [-0.3, -0.25) is 14.5 Å². The van der Waals surface area contributed by atoms with Crippen molar-refractivity contribution in [1.29, 1.82) is 0 Å². The van der Waals surface area contributed by atoms with E-state index in [1.165, 1.54) is 0 Å². The van der Waals surface area contributed by atoms with Gasteiger partial charge in [0.05, 0.1) is 10.9 Å². The van der Waals surface area contributed by atoms with E-state index in [1.807, 2.05) is 24.3 Å². The predicted octanol–water partition coefficient (Wildman–Crippen LogP) is 3.42. The van der Waals surface area contributed by atoms with Gasteiger partial charge in [-0.2, -0.15) is 0 Å². The molecule has 0 bridgehead atoms.